The molecule has 0 atom stereocenters. The molecule has 1 fully saturated rings. The van der Waals surface area contributed by atoms with Crippen LogP contribution in [-0.2, 0) is 11.3 Å². The molecule has 2 aromatic carbocycles. The first kappa shape index (κ1) is 17.5. The molecule has 0 aromatic heterocycles. The van der Waals surface area contributed by atoms with Gasteiger partial charge >= 0.3 is 6.03 Å². The van der Waals surface area contributed by atoms with E-state index in [1.54, 1.807) is 47.2 Å². The van der Waals surface area contributed by atoms with Crippen LogP contribution in [0.25, 0.3) is 0 Å². The van der Waals surface area contributed by atoms with Crippen LogP contribution < -0.4 is 10.2 Å². The summed E-state index contributed by atoms with van der Waals surface area (Å²) >= 11 is 0. The zero-order valence-electron chi connectivity index (χ0n) is 14.6. The number of rotatable bonds is 4. The minimum Gasteiger partial charge on any atom is -0.323 e. The van der Waals surface area contributed by atoms with Gasteiger partial charge in [0.2, 0.25) is 5.91 Å². The Bertz CT molecular complexity index is 855. The molecule has 3 rings (SSSR count). The molecule has 132 valence electrons. The molecule has 0 spiro atoms. The van der Waals surface area contributed by atoms with Crippen molar-refractivity contribution in [3.63, 3.8) is 0 Å². The van der Waals surface area contributed by atoms with Gasteiger partial charge in [0.15, 0.2) is 0 Å². The van der Waals surface area contributed by atoms with Gasteiger partial charge in [-0.15, -0.1) is 0 Å². The molecule has 6 nitrogen and oxygen atoms in total. The Morgan fingerprint density at radius 3 is 2.69 bits per heavy atom. The number of hydrogen-bond acceptors (Lipinski definition) is 3. The smallest absolute Gasteiger partial charge is 0.321 e. The van der Waals surface area contributed by atoms with Crippen molar-refractivity contribution >= 4 is 23.3 Å². The fraction of sp³-hybridized carbons (Fsp3) is 0.250. The SMILES string of the molecule is CN(Cc1cccc(C#N)c1)C(=O)Nc1ccc(N2CCCC2=O)cc1. The van der Waals surface area contributed by atoms with Crippen molar-refractivity contribution in [2.24, 2.45) is 0 Å². The molecule has 0 aliphatic carbocycles. The monoisotopic (exact) mass is 348 g/mol. The van der Waals surface area contributed by atoms with E-state index in [0.29, 0.717) is 24.2 Å². The number of hydrogen-bond donors (Lipinski definition) is 1. The highest BCUT2D eigenvalue weighted by Gasteiger charge is 2.21. The molecule has 1 aliphatic rings. The van der Waals surface area contributed by atoms with Crippen LogP contribution in [-0.4, -0.2) is 30.4 Å². The number of amides is 3. The van der Waals surface area contributed by atoms with Gasteiger partial charge in [-0.1, -0.05) is 12.1 Å². The van der Waals surface area contributed by atoms with Gasteiger partial charge in [-0.05, 0) is 48.4 Å². The first-order chi connectivity index (χ1) is 12.6. The van der Waals surface area contributed by atoms with E-state index in [1.165, 1.54) is 0 Å². The van der Waals surface area contributed by atoms with Gasteiger partial charge in [0, 0.05) is 37.9 Å². The fourth-order valence-electron chi connectivity index (χ4n) is 2.95. The van der Waals surface area contributed by atoms with Crippen LogP contribution in [0.5, 0.6) is 0 Å². The molecule has 1 N–H and O–H groups in total. The lowest BCUT2D eigenvalue weighted by Crippen LogP contribution is -2.30. The zero-order valence-corrected chi connectivity index (χ0v) is 14.6. The quantitative estimate of drug-likeness (QED) is 0.920. The molecule has 0 saturated carbocycles. The lowest BCUT2D eigenvalue weighted by atomic mass is 10.1. The maximum Gasteiger partial charge on any atom is 0.321 e. The standard InChI is InChI=1S/C20H20N4O2/c1-23(14-16-5-2-4-15(12-16)13-21)20(26)22-17-7-9-18(10-8-17)24-11-3-6-19(24)25/h2,4-5,7-10,12H,3,6,11,14H2,1H3,(H,22,26). The highest BCUT2D eigenvalue weighted by atomic mass is 16.2. The van der Waals surface area contributed by atoms with Crippen LogP contribution in [0.3, 0.4) is 0 Å². The molecule has 0 bridgehead atoms. The summed E-state index contributed by atoms with van der Waals surface area (Å²) in [5, 5.41) is 11.8. The van der Waals surface area contributed by atoms with E-state index < -0.39 is 0 Å². The number of benzene rings is 2. The summed E-state index contributed by atoms with van der Waals surface area (Å²) in [7, 11) is 1.70. The van der Waals surface area contributed by atoms with Crippen molar-refractivity contribution in [1.29, 1.82) is 5.26 Å². The third-order valence-corrected chi connectivity index (χ3v) is 4.33. The molecule has 1 heterocycles. The second-order valence-electron chi connectivity index (χ2n) is 6.29. The second kappa shape index (κ2) is 7.70. The molecule has 6 heteroatoms. The Labute approximate surface area is 152 Å². The van der Waals surface area contributed by atoms with E-state index in [1.807, 2.05) is 18.2 Å². The van der Waals surface area contributed by atoms with Crippen LogP contribution in [0.15, 0.2) is 48.5 Å². The summed E-state index contributed by atoms with van der Waals surface area (Å²) in [4.78, 5) is 27.4. The highest BCUT2D eigenvalue weighted by molar-refractivity contribution is 5.96. The number of carbonyl (C=O) groups excluding carboxylic acids is 2. The van der Waals surface area contributed by atoms with Gasteiger partial charge in [-0.3, -0.25) is 4.79 Å². The van der Waals surface area contributed by atoms with E-state index in [4.69, 9.17) is 5.26 Å². The molecule has 26 heavy (non-hydrogen) atoms. The number of carbonyl (C=O) groups is 2. The van der Waals surface area contributed by atoms with Crippen LogP contribution in [0.4, 0.5) is 16.2 Å². The zero-order chi connectivity index (χ0) is 18.5. The summed E-state index contributed by atoms with van der Waals surface area (Å²) in [5.41, 5.74) is 2.99. The third-order valence-electron chi connectivity index (χ3n) is 4.33. The van der Waals surface area contributed by atoms with E-state index in [0.717, 1.165) is 24.2 Å². The first-order valence-corrected chi connectivity index (χ1v) is 8.48. The van der Waals surface area contributed by atoms with E-state index in [-0.39, 0.29) is 11.9 Å². The van der Waals surface area contributed by atoms with Gasteiger partial charge in [0.1, 0.15) is 0 Å². The highest BCUT2D eigenvalue weighted by Crippen LogP contribution is 2.23. The second-order valence-corrected chi connectivity index (χ2v) is 6.29. The van der Waals surface area contributed by atoms with Crippen LogP contribution in [0.1, 0.15) is 24.0 Å². The van der Waals surface area contributed by atoms with Crippen LogP contribution >= 0.6 is 0 Å². The number of nitrogens with zero attached hydrogens (tertiary/aromatic N) is 3. The Balaban J connectivity index is 1.60. The molecule has 1 aliphatic heterocycles. The van der Waals surface area contributed by atoms with Gasteiger partial charge in [0.25, 0.3) is 0 Å². The lowest BCUT2D eigenvalue weighted by Gasteiger charge is -2.19. The minimum atomic E-state index is -0.239. The topological polar surface area (TPSA) is 76.4 Å². The van der Waals surface area contributed by atoms with Crippen molar-refractivity contribution in [3.8, 4) is 6.07 Å². The van der Waals surface area contributed by atoms with Crippen molar-refractivity contribution in [2.75, 3.05) is 23.8 Å². The van der Waals surface area contributed by atoms with Gasteiger partial charge in [-0.2, -0.15) is 5.26 Å². The first-order valence-electron chi connectivity index (χ1n) is 8.48. The summed E-state index contributed by atoms with van der Waals surface area (Å²) in [6.07, 6.45) is 1.48. The maximum atomic E-state index is 12.3. The number of nitriles is 1. The van der Waals surface area contributed by atoms with Crippen LogP contribution in [0.2, 0.25) is 0 Å². The molecule has 2 aromatic rings. The van der Waals surface area contributed by atoms with Crippen LogP contribution in [0, 0.1) is 11.3 Å². The van der Waals surface area contributed by atoms with Gasteiger partial charge < -0.3 is 15.1 Å². The number of anilines is 2. The van der Waals surface area contributed by atoms with Crippen molar-refractivity contribution in [1.82, 2.24) is 4.90 Å². The van der Waals surface area contributed by atoms with Gasteiger partial charge in [0.05, 0.1) is 11.6 Å². The minimum absolute atomic E-state index is 0.140. The Hall–Kier alpha value is -3.33. The predicted octanol–water partition coefficient (Wildman–Crippen LogP) is 3.35. The van der Waals surface area contributed by atoms with Gasteiger partial charge in [-0.25, -0.2) is 4.79 Å². The summed E-state index contributed by atoms with van der Waals surface area (Å²) < 4.78 is 0. The molecular formula is C20H20N4O2. The van der Waals surface area contributed by atoms with Crippen molar-refractivity contribution < 1.29 is 9.59 Å². The number of nitrogens with one attached hydrogen (secondary N) is 1. The predicted molar refractivity (Wildman–Crippen MR) is 99.7 cm³/mol. The summed E-state index contributed by atoms with van der Waals surface area (Å²) in [5.74, 6) is 0.140. The largest absolute Gasteiger partial charge is 0.323 e. The normalized spacial score (nSPS) is 13.4. The fourth-order valence-corrected chi connectivity index (χ4v) is 2.95. The Morgan fingerprint density at radius 1 is 1.27 bits per heavy atom. The molecule has 0 unspecified atom stereocenters. The van der Waals surface area contributed by atoms with E-state index >= 15 is 0 Å². The number of urea groups is 1. The summed E-state index contributed by atoms with van der Waals surface area (Å²) in [6.45, 7) is 1.15. The van der Waals surface area contributed by atoms with E-state index in [9.17, 15) is 9.59 Å². The lowest BCUT2D eigenvalue weighted by molar-refractivity contribution is -0.117. The Morgan fingerprint density at radius 2 is 2.04 bits per heavy atom. The maximum absolute atomic E-state index is 12.3. The third kappa shape index (κ3) is 4.01. The molecule has 0 radical (unpaired) electrons. The van der Waals surface area contributed by atoms with E-state index in [2.05, 4.69) is 11.4 Å². The van der Waals surface area contributed by atoms with Crippen molar-refractivity contribution in [2.45, 2.75) is 19.4 Å². The Kier molecular flexibility index (Phi) is 5.18. The molecule has 3 amide bonds. The molecular weight excluding hydrogens is 328 g/mol. The van der Waals surface area contributed by atoms with Crippen molar-refractivity contribution in [3.05, 3.63) is 59.7 Å². The average Bonchev–Trinajstić information content (AvgIpc) is 3.08. The molecule has 1 saturated heterocycles. The average molecular weight is 348 g/mol. The summed E-state index contributed by atoms with van der Waals surface area (Å²) in [6, 6.07) is 16.3.